The number of ether oxygens (including phenoxy) is 5. The first-order valence-electron chi connectivity index (χ1n) is 11.9. The number of rotatable bonds is 14. The largest absolute Gasteiger partial charge is 0.493 e. The van der Waals surface area contributed by atoms with Gasteiger partial charge in [0.05, 0.1) is 13.0 Å². The van der Waals surface area contributed by atoms with Crippen LogP contribution in [0, 0.1) is 11.8 Å². The van der Waals surface area contributed by atoms with E-state index in [1.54, 1.807) is 13.8 Å². The standard InChI is InChI=1S/C27H35NO8/c1-7-20(27(31)35-18(4)25(17(2)3)36-21-11-9-8-10-12-21)15-22(30)24-26(34-16-33-19(5)29)23(32-6)13-14-28-24/h8-14,17-18,20,25H,7,15-16H2,1-6H3/t18-,20+,25+/m0/s1. The summed E-state index contributed by atoms with van der Waals surface area (Å²) in [6, 6.07) is 10.9. The molecule has 0 aliphatic rings. The van der Waals surface area contributed by atoms with Crippen LogP contribution in [0.4, 0.5) is 0 Å². The summed E-state index contributed by atoms with van der Waals surface area (Å²) < 4.78 is 27.4. The molecular weight excluding hydrogens is 466 g/mol. The lowest BCUT2D eigenvalue weighted by molar-refractivity contribution is -0.159. The third-order valence-electron chi connectivity index (χ3n) is 5.51. The maximum absolute atomic E-state index is 13.1. The number of pyridine rings is 1. The van der Waals surface area contributed by atoms with Crippen molar-refractivity contribution in [2.24, 2.45) is 11.8 Å². The fourth-order valence-electron chi connectivity index (χ4n) is 3.59. The zero-order chi connectivity index (χ0) is 26.7. The molecule has 0 radical (unpaired) electrons. The Labute approximate surface area is 212 Å². The fourth-order valence-corrected chi connectivity index (χ4v) is 3.59. The number of Topliss-reactive ketones (excluding diaryl/α,β-unsaturated/α-hetero) is 1. The second-order valence-electron chi connectivity index (χ2n) is 8.60. The average Bonchev–Trinajstić information content (AvgIpc) is 2.85. The number of methoxy groups -OCH3 is 1. The van der Waals surface area contributed by atoms with Gasteiger partial charge in [0.1, 0.15) is 18.0 Å². The van der Waals surface area contributed by atoms with Crippen molar-refractivity contribution in [3.05, 3.63) is 48.3 Å². The van der Waals surface area contributed by atoms with Crippen molar-refractivity contribution < 1.29 is 38.1 Å². The van der Waals surface area contributed by atoms with Gasteiger partial charge < -0.3 is 23.7 Å². The second-order valence-corrected chi connectivity index (χ2v) is 8.60. The van der Waals surface area contributed by atoms with E-state index < -0.39 is 36.5 Å². The molecule has 0 unspecified atom stereocenters. The van der Waals surface area contributed by atoms with Crippen molar-refractivity contribution in [3.63, 3.8) is 0 Å². The SMILES string of the molecule is CC[C@H](CC(=O)c1nccc(OC)c1OCOC(C)=O)C(=O)O[C@@H](C)[C@H](Oc1ccccc1)C(C)C. The summed E-state index contributed by atoms with van der Waals surface area (Å²) >= 11 is 0. The highest BCUT2D eigenvalue weighted by Crippen LogP contribution is 2.31. The monoisotopic (exact) mass is 501 g/mol. The van der Waals surface area contributed by atoms with E-state index in [4.69, 9.17) is 23.7 Å². The van der Waals surface area contributed by atoms with Crippen LogP contribution in [-0.2, 0) is 19.1 Å². The Kier molecular flexibility index (Phi) is 11.2. The molecule has 196 valence electrons. The Morgan fingerprint density at radius 2 is 1.72 bits per heavy atom. The fraction of sp³-hybridized carbons (Fsp3) is 0.481. The maximum Gasteiger partial charge on any atom is 0.309 e. The minimum atomic E-state index is -0.696. The highest BCUT2D eigenvalue weighted by atomic mass is 16.7. The van der Waals surface area contributed by atoms with Gasteiger partial charge in [0.25, 0.3) is 0 Å². The third kappa shape index (κ3) is 8.25. The molecule has 0 saturated carbocycles. The number of nitrogens with zero attached hydrogens (tertiary/aromatic N) is 1. The quantitative estimate of drug-likeness (QED) is 0.208. The van der Waals surface area contributed by atoms with E-state index in [1.165, 1.54) is 26.3 Å². The third-order valence-corrected chi connectivity index (χ3v) is 5.51. The van der Waals surface area contributed by atoms with Crippen LogP contribution in [0.5, 0.6) is 17.2 Å². The van der Waals surface area contributed by atoms with Crippen LogP contribution in [0.25, 0.3) is 0 Å². The molecule has 0 N–H and O–H groups in total. The highest BCUT2D eigenvalue weighted by molar-refractivity contribution is 5.99. The van der Waals surface area contributed by atoms with E-state index in [0.29, 0.717) is 12.2 Å². The minimum absolute atomic E-state index is 0.0201. The highest BCUT2D eigenvalue weighted by Gasteiger charge is 2.31. The van der Waals surface area contributed by atoms with Crippen molar-refractivity contribution in [1.82, 2.24) is 4.98 Å². The van der Waals surface area contributed by atoms with Crippen molar-refractivity contribution in [1.29, 1.82) is 0 Å². The van der Waals surface area contributed by atoms with Crippen molar-refractivity contribution in [2.45, 2.75) is 59.7 Å². The van der Waals surface area contributed by atoms with Gasteiger partial charge in [-0.2, -0.15) is 0 Å². The summed E-state index contributed by atoms with van der Waals surface area (Å²) in [5.41, 5.74) is -0.0201. The minimum Gasteiger partial charge on any atom is -0.493 e. The first-order valence-corrected chi connectivity index (χ1v) is 11.9. The molecule has 0 saturated heterocycles. The van der Waals surface area contributed by atoms with E-state index >= 15 is 0 Å². The van der Waals surface area contributed by atoms with Crippen LogP contribution in [0.1, 0.15) is 57.9 Å². The normalized spacial score (nSPS) is 13.3. The topological polar surface area (TPSA) is 110 Å². The lowest BCUT2D eigenvalue weighted by Gasteiger charge is -2.29. The molecule has 2 rings (SSSR count). The van der Waals surface area contributed by atoms with Gasteiger partial charge in [0.2, 0.25) is 6.79 Å². The molecule has 1 heterocycles. The molecule has 0 spiro atoms. The van der Waals surface area contributed by atoms with Gasteiger partial charge in [-0.3, -0.25) is 14.4 Å². The number of para-hydroxylation sites is 1. The lowest BCUT2D eigenvalue weighted by atomic mass is 9.97. The number of aromatic nitrogens is 1. The van der Waals surface area contributed by atoms with Gasteiger partial charge in [0.15, 0.2) is 23.0 Å². The molecule has 36 heavy (non-hydrogen) atoms. The van der Waals surface area contributed by atoms with Gasteiger partial charge in [-0.25, -0.2) is 4.98 Å². The Balaban J connectivity index is 2.12. The van der Waals surface area contributed by atoms with Crippen molar-refractivity contribution in [3.8, 4) is 17.2 Å². The molecule has 3 atom stereocenters. The van der Waals surface area contributed by atoms with Crippen LogP contribution in [0.3, 0.4) is 0 Å². The molecule has 0 fully saturated rings. The first-order chi connectivity index (χ1) is 17.2. The van der Waals surface area contributed by atoms with E-state index in [9.17, 15) is 14.4 Å². The molecule has 0 aliphatic heterocycles. The predicted molar refractivity (Wildman–Crippen MR) is 132 cm³/mol. The number of carbonyl (C=O) groups is 3. The number of hydrogen-bond donors (Lipinski definition) is 0. The molecule has 0 bridgehead atoms. The van der Waals surface area contributed by atoms with Gasteiger partial charge in [-0.15, -0.1) is 0 Å². The van der Waals surface area contributed by atoms with E-state index in [0.717, 1.165) is 0 Å². The smallest absolute Gasteiger partial charge is 0.309 e. The van der Waals surface area contributed by atoms with E-state index in [1.807, 2.05) is 44.2 Å². The second kappa shape index (κ2) is 14.1. The average molecular weight is 502 g/mol. The summed E-state index contributed by atoms with van der Waals surface area (Å²) in [6.07, 6.45) is 0.736. The van der Waals surface area contributed by atoms with Gasteiger partial charge >= 0.3 is 11.9 Å². The Morgan fingerprint density at radius 1 is 1.03 bits per heavy atom. The number of carbonyl (C=O) groups excluding carboxylic acids is 3. The zero-order valence-corrected chi connectivity index (χ0v) is 21.7. The van der Waals surface area contributed by atoms with Gasteiger partial charge in [-0.1, -0.05) is 39.0 Å². The summed E-state index contributed by atoms with van der Waals surface area (Å²) in [5, 5.41) is 0. The van der Waals surface area contributed by atoms with E-state index in [2.05, 4.69) is 4.98 Å². The molecule has 2 aromatic rings. The zero-order valence-electron chi connectivity index (χ0n) is 21.7. The molecule has 0 amide bonds. The Bertz CT molecular complexity index is 1010. The summed E-state index contributed by atoms with van der Waals surface area (Å²) in [5.74, 6) is -1.10. The number of benzene rings is 1. The summed E-state index contributed by atoms with van der Waals surface area (Å²) in [4.78, 5) is 41.4. The molecule has 9 nitrogen and oxygen atoms in total. The Morgan fingerprint density at radius 3 is 2.31 bits per heavy atom. The van der Waals surface area contributed by atoms with Crippen LogP contribution in [-0.4, -0.2) is 48.8 Å². The number of esters is 2. The summed E-state index contributed by atoms with van der Waals surface area (Å²) in [6.45, 7) is 8.40. The first kappa shape index (κ1) is 28.6. The lowest BCUT2D eigenvalue weighted by Crippen LogP contribution is -2.39. The van der Waals surface area contributed by atoms with E-state index in [-0.39, 0.29) is 35.6 Å². The van der Waals surface area contributed by atoms with Crippen LogP contribution in [0.2, 0.25) is 0 Å². The van der Waals surface area contributed by atoms with Gasteiger partial charge in [-0.05, 0) is 31.4 Å². The predicted octanol–water partition coefficient (Wildman–Crippen LogP) is 4.62. The maximum atomic E-state index is 13.1. The molecule has 9 heteroatoms. The van der Waals surface area contributed by atoms with Crippen LogP contribution < -0.4 is 14.2 Å². The number of ketones is 1. The molecule has 0 aliphatic carbocycles. The Hall–Kier alpha value is -3.62. The van der Waals surface area contributed by atoms with Crippen LogP contribution in [0.15, 0.2) is 42.6 Å². The summed E-state index contributed by atoms with van der Waals surface area (Å²) in [7, 11) is 1.42. The van der Waals surface area contributed by atoms with Crippen molar-refractivity contribution in [2.75, 3.05) is 13.9 Å². The molecular formula is C27H35NO8. The number of hydrogen-bond acceptors (Lipinski definition) is 9. The molecule has 1 aromatic heterocycles. The van der Waals surface area contributed by atoms with Crippen molar-refractivity contribution >= 4 is 17.7 Å². The molecule has 1 aromatic carbocycles. The van der Waals surface area contributed by atoms with Crippen LogP contribution >= 0.6 is 0 Å². The van der Waals surface area contributed by atoms with Gasteiger partial charge in [0, 0.05) is 25.6 Å².